The molecule has 0 aliphatic heterocycles. The molecule has 0 atom stereocenters. The maximum Gasteiger partial charge on any atom is 0.273 e. The van der Waals surface area contributed by atoms with Crippen LogP contribution in [0.15, 0.2) is 59.3 Å². The summed E-state index contributed by atoms with van der Waals surface area (Å²) in [4.78, 5) is 22.6. The molecular weight excluding hydrogens is 601 g/mol. The Hall–Kier alpha value is -3.66. The number of anilines is 1. The van der Waals surface area contributed by atoms with E-state index < -0.39 is 16.6 Å². The van der Waals surface area contributed by atoms with Gasteiger partial charge in [-0.25, -0.2) is 5.43 Å². The van der Waals surface area contributed by atoms with Crippen molar-refractivity contribution in [1.82, 2.24) is 20.2 Å². The number of aromatic nitrogens is 3. The van der Waals surface area contributed by atoms with E-state index in [1.54, 1.807) is 6.08 Å². The second-order valence-electron chi connectivity index (χ2n) is 7.06. The van der Waals surface area contributed by atoms with Gasteiger partial charge in [-0.15, -0.1) is 16.8 Å². The van der Waals surface area contributed by atoms with Gasteiger partial charge in [0.15, 0.2) is 11.0 Å². The number of non-ortho nitro benzene ring substituents is 1. The van der Waals surface area contributed by atoms with Crippen LogP contribution in [0.2, 0.25) is 0 Å². The maximum absolute atomic E-state index is 12.3. The van der Waals surface area contributed by atoms with Crippen LogP contribution < -0.4 is 20.6 Å². The monoisotopic (exact) mass is 622 g/mol. The molecule has 1 amide bonds. The molecule has 2 N–H and O–H groups in total. The van der Waals surface area contributed by atoms with E-state index in [0.717, 1.165) is 39.4 Å². The van der Waals surface area contributed by atoms with Gasteiger partial charge in [-0.1, -0.05) is 23.6 Å². The summed E-state index contributed by atoms with van der Waals surface area (Å²) in [6.45, 7) is 4.66. The van der Waals surface area contributed by atoms with E-state index >= 15 is 0 Å². The van der Waals surface area contributed by atoms with Crippen LogP contribution >= 0.6 is 34.4 Å². The van der Waals surface area contributed by atoms with Crippen LogP contribution in [-0.4, -0.2) is 44.7 Å². The third-order valence-corrected chi connectivity index (χ3v) is 6.31. The Morgan fingerprint density at radius 1 is 1.33 bits per heavy atom. The number of rotatable bonds is 12. The molecule has 12 nitrogen and oxygen atoms in total. The number of halogens is 1. The highest BCUT2D eigenvalue weighted by atomic mass is 127. The van der Waals surface area contributed by atoms with Gasteiger partial charge in [0.1, 0.15) is 5.75 Å². The average Bonchev–Trinajstić information content (AvgIpc) is 3.24. The molecule has 3 aromatic rings. The van der Waals surface area contributed by atoms with Crippen LogP contribution in [0, 0.1) is 13.7 Å². The number of hydrogen-bond donors (Lipinski definition) is 2. The number of nitrogens with zero attached hydrogens (tertiary/aromatic N) is 5. The summed E-state index contributed by atoms with van der Waals surface area (Å²) in [5.74, 6) is -0.592. The molecule has 0 bridgehead atoms. The van der Waals surface area contributed by atoms with Gasteiger partial charge in [-0.2, -0.15) is 5.10 Å². The summed E-state index contributed by atoms with van der Waals surface area (Å²) in [5.41, 5.74) is 2.81. The zero-order valence-electron chi connectivity index (χ0n) is 19.0. The number of hydrogen-bond acceptors (Lipinski definition) is 10. The number of ether oxygens (including phenoxy) is 1. The zero-order chi connectivity index (χ0) is 26.1. The van der Waals surface area contributed by atoms with Gasteiger partial charge in [0.2, 0.25) is 0 Å². The predicted molar refractivity (Wildman–Crippen MR) is 142 cm³/mol. The molecule has 0 saturated carbocycles. The summed E-state index contributed by atoms with van der Waals surface area (Å²) in [5, 5.41) is 39.2. The molecule has 36 heavy (non-hydrogen) atoms. The lowest BCUT2D eigenvalue weighted by Crippen LogP contribution is -2.20. The van der Waals surface area contributed by atoms with Gasteiger partial charge in [-0.3, -0.25) is 14.9 Å². The van der Waals surface area contributed by atoms with E-state index in [9.17, 15) is 20.0 Å². The predicted octanol–water partition coefficient (Wildman–Crippen LogP) is 2.91. The summed E-state index contributed by atoms with van der Waals surface area (Å²) in [7, 11) is 1.23. The van der Waals surface area contributed by atoms with E-state index in [4.69, 9.17) is 4.74 Å². The number of nitro benzene ring substituents is 1. The summed E-state index contributed by atoms with van der Waals surface area (Å²) >= 11 is 3.39. The molecular formula is C22H21IN7O5S-. The third-order valence-electron chi connectivity index (χ3n) is 4.62. The third kappa shape index (κ3) is 7.17. The normalized spacial score (nSPS) is 10.8. The fourth-order valence-corrected chi connectivity index (χ4v) is 4.03. The number of carbonyl (C=O) groups excluding carboxylic acids is 1. The Bertz CT molecular complexity index is 1280. The van der Waals surface area contributed by atoms with Crippen molar-refractivity contribution in [2.75, 3.05) is 18.2 Å². The second-order valence-corrected chi connectivity index (χ2v) is 9.25. The summed E-state index contributed by atoms with van der Waals surface area (Å²) < 4.78 is 7.85. The SMILES string of the molecule is C=CCn1c(CNc2ccc(I)cc2)nnc1SCC(=O)N/N=C\c1cc([N+](=O)[O-])cc(OC)c1[O-]. The lowest BCUT2D eigenvalue weighted by Gasteiger charge is -2.14. The van der Waals surface area contributed by atoms with Gasteiger partial charge < -0.3 is 19.7 Å². The summed E-state index contributed by atoms with van der Waals surface area (Å²) in [6.07, 6.45) is 2.75. The molecule has 188 valence electrons. The van der Waals surface area contributed by atoms with Crippen LogP contribution in [-0.2, 0) is 17.9 Å². The summed E-state index contributed by atoms with van der Waals surface area (Å²) in [6, 6.07) is 10.0. The number of hydrazone groups is 1. The number of carbonyl (C=O) groups is 1. The maximum atomic E-state index is 12.3. The first kappa shape index (κ1) is 26.9. The molecule has 0 aliphatic carbocycles. The van der Waals surface area contributed by atoms with Gasteiger partial charge in [0.05, 0.1) is 36.6 Å². The molecule has 14 heteroatoms. The minimum atomic E-state index is -0.655. The molecule has 3 rings (SSSR count). The molecule has 1 aromatic heterocycles. The van der Waals surface area contributed by atoms with Crippen LogP contribution in [0.5, 0.6) is 11.5 Å². The van der Waals surface area contributed by atoms with Crippen molar-refractivity contribution in [3.63, 3.8) is 0 Å². The number of nitrogens with one attached hydrogen (secondary N) is 2. The number of benzene rings is 2. The number of nitro groups is 1. The average molecular weight is 622 g/mol. The van der Waals surface area contributed by atoms with E-state index in [-0.39, 0.29) is 22.8 Å². The minimum Gasteiger partial charge on any atom is -0.870 e. The highest BCUT2D eigenvalue weighted by Gasteiger charge is 2.14. The van der Waals surface area contributed by atoms with Crippen molar-refractivity contribution >= 4 is 57.8 Å². The molecule has 0 aliphatic rings. The number of amides is 1. The lowest BCUT2D eigenvalue weighted by molar-refractivity contribution is -0.385. The minimum absolute atomic E-state index is 0.0281. The van der Waals surface area contributed by atoms with Gasteiger partial charge >= 0.3 is 0 Å². The Morgan fingerprint density at radius 2 is 2.08 bits per heavy atom. The largest absolute Gasteiger partial charge is 0.870 e. The highest BCUT2D eigenvalue weighted by molar-refractivity contribution is 14.1. The van der Waals surface area contributed by atoms with Crippen molar-refractivity contribution in [1.29, 1.82) is 0 Å². The van der Waals surface area contributed by atoms with Crippen LogP contribution in [0.25, 0.3) is 0 Å². The first-order valence-electron chi connectivity index (χ1n) is 10.3. The molecule has 1 heterocycles. The van der Waals surface area contributed by atoms with Crippen molar-refractivity contribution in [2.45, 2.75) is 18.2 Å². The Kier molecular flexibility index (Phi) is 9.63. The van der Waals surface area contributed by atoms with Crippen molar-refractivity contribution in [3.05, 3.63) is 74.1 Å². The fraction of sp³-hybridized carbons (Fsp3) is 0.182. The van der Waals surface area contributed by atoms with E-state index in [1.807, 2.05) is 28.8 Å². The Balaban J connectivity index is 1.60. The molecule has 0 unspecified atom stereocenters. The van der Waals surface area contributed by atoms with Crippen LogP contribution in [0.1, 0.15) is 11.4 Å². The second kappa shape index (κ2) is 12.9. The molecule has 0 saturated heterocycles. The molecule has 0 fully saturated rings. The Labute approximate surface area is 224 Å². The quantitative estimate of drug-likeness (QED) is 0.0774. The first-order chi connectivity index (χ1) is 17.3. The standard InChI is InChI=1S/C22H22IN7O5S/c1-3-8-29-19(12-24-16-6-4-15(23)5-7-16)26-28-22(29)36-13-20(31)27-25-11-14-9-17(30(33)34)10-18(35-2)21(14)32/h3-7,9-11,24,32H,1,8,12-13H2,2H3,(H,27,31)/p-1/b25-11-. The van der Waals surface area contributed by atoms with Crippen molar-refractivity contribution in [3.8, 4) is 11.5 Å². The smallest absolute Gasteiger partial charge is 0.273 e. The Morgan fingerprint density at radius 3 is 2.75 bits per heavy atom. The van der Waals surface area contributed by atoms with Crippen LogP contribution in [0.4, 0.5) is 11.4 Å². The zero-order valence-corrected chi connectivity index (χ0v) is 22.0. The molecule has 2 aromatic carbocycles. The van der Waals surface area contributed by atoms with Crippen LogP contribution in [0.3, 0.4) is 0 Å². The number of methoxy groups -OCH3 is 1. The number of allylic oxidation sites excluding steroid dienone is 1. The number of thioether (sulfide) groups is 1. The molecule has 0 radical (unpaired) electrons. The highest BCUT2D eigenvalue weighted by Crippen LogP contribution is 2.31. The van der Waals surface area contributed by atoms with Gasteiger partial charge in [0.25, 0.3) is 11.6 Å². The molecule has 0 spiro atoms. The van der Waals surface area contributed by atoms with Gasteiger partial charge in [0, 0.05) is 21.9 Å². The van der Waals surface area contributed by atoms with Crippen molar-refractivity contribution in [2.24, 2.45) is 5.10 Å². The lowest BCUT2D eigenvalue weighted by atomic mass is 10.2. The van der Waals surface area contributed by atoms with E-state index in [0.29, 0.717) is 24.1 Å². The fourth-order valence-electron chi connectivity index (χ4n) is 2.92. The van der Waals surface area contributed by atoms with E-state index in [2.05, 4.69) is 55.2 Å². The topological polar surface area (TPSA) is 160 Å². The van der Waals surface area contributed by atoms with Crippen molar-refractivity contribution < 1.29 is 19.6 Å². The first-order valence-corrected chi connectivity index (χ1v) is 12.4. The van der Waals surface area contributed by atoms with Gasteiger partial charge in [-0.05, 0) is 52.4 Å². The van der Waals surface area contributed by atoms with E-state index in [1.165, 1.54) is 7.11 Å².